The van der Waals surface area contributed by atoms with Crippen LogP contribution in [0.2, 0.25) is 10.0 Å². The predicted molar refractivity (Wildman–Crippen MR) is 98.5 cm³/mol. The fraction of sp³-hybridized carbons (Fsp3) is 0.167. The molecule has 0 fully saturated rings. The number of halogens is 2. The van der Waals surface area contributed by atoms with E-state index in [0.717, 1.165) is 5.56 Å². The molecular weight excluding hydrogens is 377 g/mol. The molecule has 1 heterocycles. The zero-order chi connectivity index (χ0) is 18.7. The van der Waals surface area contributed by atoms with E-state index in [-0.39, 0.29) is 12.5 Å². The van der Waals surface area contributed by atoms with Crippen molar-refractivity contribution in [2.24, 2.45) is 0 Å². The third-order valence-corrected chi connectivity index (χ3v) is 4.24. The standard InChI is InChI=1S/C18H15Cl2N3O3/c1-23(18(24)12-5-8-15(25-2)14(20)9-12)10-16-21-17(22-26-16)11-3-6-13(19)7-4-11/h3-9H,10H2,1-2H3. The molecule has 0 atom stereocenters. The van der Waals surface area contributed by atoms with Gasteiger partial charge in [0.05, 0.1) is 18.7 Å². The lowest BCUT2D eigenvalue weighted by Gasteiger charge is -2.15. The fourth-order valence-electron chi connectivity index (χ4n) is 2.33. The highest BCUT2D eigenvalue weighted by Gasteiger charge is 2.17. The smallest absolute Gasteiger partial charge is 0.254 e. The summed E-state index contributed by atoms with van der Waals surface area (Å²) in [5.74, 6) is 1.05. The highest BCUT2D eigenvalue weighted by molar-refractivity contribution is 6.32. The summed E-state index contributed by atoms with van der Waals surface area (Å²) in [6, 6.07) is 11.9. The Bertz CT molecular complexity index is 926. The first-order valence-electron chi connectivity index (χ1n) is 7.65. The molecule has 0 saturated heterocycles. The van der Waals surface area contributed by atoms with Gasteiger partial charge in [-0.3, -0.25) is 4.79 Å². The van der Waals surface area contributed by atoms with Crippen LogP contribution in [0.25, 0.3) is 11.4 Å². The zero-order valence-corrected chi connectivity index (χ0v) is 15.6. The topological polar surface area (TPSA) is 68.5 Å². The molecule has 0 radical (unpaired) electrons. The Hall–Kier alpha value is -2.57. The lowest BCUT2D eigenvalue weighted by molar-refractivity contribution is 0.0769. The Morgan fingerprint density at radius 1 is 1.19 bits per heavy atom. The van der Waals surface area contributed by atoms with E-state index in [1.165, 1.54) is 12.0 Å². The molecule has 8 heteroatoms. The van der Waals surface area contributed by atoms with E-state index in [2.05, 4.69) is 10.1 Å². The summed E-state index contributed by atoms with van der Waals surface area (Å²) in [6.07, 6.45) is 0. The van der Waals surface area contributed by atoms with Gasteiger partial charge in [-0.25, -0.2) is 0 Å². The largest absolute Gasteiger partial charge is 0.495 e. The molecule has 1 amide bonds. The molecule has 0 N–H and O–H groups in total. The first-order chi connectivity index (χ1) is 12.5. The van der Waals surface area contributed by atoms with E-state index in [9.17, 15) is 4.79 Å². The summed E-state index contributed by atoms with van der Waals surface area (Å²) in [5.41, 5.74) is 1.22. The number of nitrogens with zero attached hydrogens (tertiary/aromatic N) is 3. The van der Waals surface area contributed by atoms with Crippen LogP contribution in [0.15, 0.2) is 47.0 Å². The first-order valence-corrected chi connectivity index (χ1v) is 8.41. The molecule has 0 aliphatic rings. The molecule has 3 aromatic rings. The first kappa shape index (κ1) is 18.2. The van der Waals surface area contributed by atoms with Crippen LogP contribution in [0.3, 0.4) is 0 Å². The minimum Gasteiger partial charge on any atom is -0.495 e. The Labute approximate surface area is 160 Å². The molecule has 0 spiro atoms. The molecule has 0 aliphatic carbocycles. The van der Waals surface area contributed by atoms with E-state index in [1.807, 2.05) is 0 Å². The van der Waals surface area contributed by atoms with E-state index >= 15 is 0 Å². The van der Waals surface area contributed by atoms with Gasteiger partial charge in [-0.1, -0.05) is 28.4 Å². The maximum atomic E-state index is 12.5. The van der Waals surface area contributed by atoms with Gasteiger partial charge in [-0.2, -0.15) is 4.98 Å². The van der Waals surface area contributed by atoms with Crippen molar-refractivity contribution in [3.8, 4) is 17.1 Å². The van der Waals surface area contributed by atoms with Crippen LogP contribution in [0.1, 0.15) is 16.2 Å². The molecule has 2 aromatic carbocycles. The number of hydrogen-bond donors (Lipinski definition) is 0. The number of benzene rings is 2. The van der Waals surface area contributed by atoms with Crippen LogP contribution in [-0.4, -0.2) is 35.1 Å². The number of aromatic nitrogens is 2. The molecule has 0 aliphatic heterocycles. The molecule has 134 valence electrons. The van der Waals surface area contributed by atoms with Gasteiger partial charge in [0.1, 0.15) is 5.75 Å². The second-order valence-electron chi connectivity index (χ2n) is 5.53. The van der Waals surface area contributed by atoms with Crippen LogP contribution in [-0.2, 0) is 6.54 Å². The Kier molecular flexibility index (Phi) is 5.44. The summed E-state index contributed by atoms with van der Waals surface area (Å²) in [6.45, 7) is 0.170. The lowest BCUT2D eigenvalue weighted by atomic mass is 10.2. The summed E-state index contributed by atoms with van der Waals surface area (Å²) >= 11 is 11.9. The Morgan fingerprint density at radius 3 is 2.58 bits per heavy atom. The maximum absolute atomic E-state index is 12.5. The third kappa shape index (κ3) is 3.98. The van der Waals surface area contributed by atoms with E-state index < -0.39 is 0 Å². The Balaban J connectivity index is 1.71. The normalized spacial score (nSPS) is 10.6. The van der Waals surface area contributed by atoms with E-state index in [1.54, 1.807) is 49.5 Å². The van der Waals surface area contributed by atoms with Crippen LogP contribution < -0.4 is 4.74 Å². The van der Waals surface area contributed by atoms with Crippen molar-refractivity contribution in [2.45, 2.75) is 6.54 Å². The molecular formula is C18H15Cl2N3O3. The summed E-state index contributed by atoms with van der Waals surface area (Å²) in [5, 5.41) is 4.93. The van der Waals surface area contributed by atoms with Gasteiger partial charge in [0.25, 0.3) is 5.91 Å². The van der Waals surface area contributed by atoms with Crippen molar-refractivity contribution in [3.05, 3.63) is 64.0 Å². The van der Waals surface area contributed by atoms with Crippen molar-refractivity contribution >= 4 is 29.1 Å². The van der Waals surface area contributed by atoms with Gasteiger partial charge < -0.3 is 14.2 Å². The maximum Gasteiger partial charge on any atom is 0.254 e. The van der Waals surface area contributed by atoms with E-state index in [4.69, 9.17) is 32.5 Å². The van der Waals surface area contributed by atoms with Gasteiger partial charge in [0, 0.05) is 23.2 Å². The van der Waals surface area contributed by atoms with Gasteiger partial charge in [0.15, 0.2) is 0 Å². The summed E-state index contributed by atoms with van der Waals surface area (Å²) < 4.78 is 10.3. The molecule has 6 nitrogen and oxygen atoms in total. The van der Waals surface area contributed by atoms with Crippen molar-refractivity contribution in [2.75, 3.05) is 14.2 Å². The molecule has 26 heavy (non-hydrogen) atoms. The Morgan fingerprint density at radius 2 is 1.92 bits per heavy atom. The number of carbonyl (C=O) groups excluding carboxylic acids is 1. The summed E-state index contributed by atoms with van der Waals surface area (Å²) in [4.78, 5) is 18.3. The number of carbonyl (C=O) groups is 1. The van der Waals surface area contributed by atoms with Crippen molar-refractivity contribution < 1.29 is 14.1 Å². The van der Waals surface area contributed by atoms with Gasteiger partial charge in [0.2, 0.25) is 11.7 Å². The predicted octanol–water partition coefficient (Wildman–Crippen LogP) is 4.32. The third-order valence-electron chi connectivity index (χ3n) is 3.69. The molecule has 1 aromatic heterocycles. The fourth-order valence-corrected chi connectivity index (χ4v) is 2.71. The average molecular weight is 392 g/mol. The highest BCUT2D eigenvalue weighted by atomic mass is 35.5. The van der Waals surface area contributed by atoms with Crippen LogP contribution >= 0.6 is 23.2 Å². The number of rotatable bonds is 5. The van der Waals surface area contributed by atoms with E-state index in [0.29, 0.717) is 33.1 Å². The minimum absolute atomic E-state index is 0.170. The van der Waals surface area contributed by atoms with Crippen molar-refractivity contribution in [3.63, 3.8) is 0 Å². The average Bonchev–Trinajstić information content (AvgIpc) is 3.10. The van der Waals surface area contributed by atoms with Gasteiger partial charge in [-0.05, 0) is 42.5 Å². The SMILES string of the molecule is COc1ccc(C(=O)N(C)Cc2nc(-c3ccc(Cl)cc3)no2)cc1Cl. The second kappa shape index (κ2) is 7.76. The van der Waals surface area contributed by atoms with Crippen LogP contribution in [0.4, 0.5) is 0 Å². The molecule has 0 saturated carbocycles. The molecule has 0 unspecified atom stereocenters. The monoisotopic (exact) mass is 391 g/mol. The number of methoxy groups -OCH3 is 1. The van der Waals surface area contributed by atoms with Crippen molar-refractivity contribution in [1.29, 1.82) is 0 Å². The highest BCUT2D eigenvalue weighted by Crippen LogP contribution is 2.25. The lowest BCUT2D eigenvalue weighted by Crippen LogP contribution is -2.26. The van der Waals surface area contributed by atoms with Gasteiger partial charge >= 0.3 is 0 Å². The second-order valence-corrected chi connectivity index (χ2v) is 6.37. The number of ether oxygens (including phenoxy) is 1. The minimum atomic E-state index is -0.221. The molecule has 3 rings (SSSR count). The van der Waals surface area contributed by atoms with Crippen molar-refractivity contribution in [1.82, 2.24) is 15.0 Å². The van der Waals surface area contributed by atoms with Gasteiger partial charge in [-0.15, -0.1) is 0 Å². The summed E-state index contributed by atoms with van der Waals surface area (Å²) in [7, 11) is 3.16. The van der Waals surface area contributed by atoms with Crippen LogP contribution in [0.5, 0.6) is 5.75 Å². The molecule has 0 bridgehead atoms. The number of amides is 1. The zero-order valence-electron chi connectivity index (χ0n) is 14.1. The van der Waals surface area contributed by atoms with Crippen LogP contribution in [0, 0.1) is 0 Å². The quantitative estimate of drug-likeness (QED) is 0.647. The number of hydrogen-bond acceptors (Lipinski definition) is 5.